The molecule has 11 heteroatoms. The van der Waals surface area contributed by atoms with Crippen molar-refractivity contribution >= 4 is 11.9 Å². The van der Waals surface area contributed by atoms with E-state index < -0.39 is 29.5 Å². The fourth-order valence-electron chi connectivity index (χ4n) is 2.95. The van der Waals surface area contributed by atoms with Gasteiger partial charge in [-0.05, 0) is 25.1 Å². The van der Waals surface area contributed by atoms with Crippen LogP contribution in [-0.2, 0) is 9.53 Å². The molecule has 150 valence electrons. The van der Waals surface area contributed by atoms with Gasteiger partial charge in [-0.3, -0.25) is 0 Å². The molecule has 2 aromatic rings. The van der Waals surface area contributed by atoms with E-state index in [4.69, 9.17) is 14.2 Å². The first-order chi connectivity index (χ1) is 13.3. The molecule has 2 heterocycles. The van der Waals surface area contributed by atoms with Crippen LogP contribution in [0, 0.1) is 0 Å². The van der Waals surface area contributed by atoms with Crippen LogP contribution < -0.4 is 14.8 Å². The molecule has 0 amide bonds. The lowest BCUT2D eigenvalue weighted by Crippen LogP contribution is -2.35. The minimum Gasteiger partial charge on any atom is -0.497 e. The third-order valence-electron chi connectivity index (χ3n) is 4.11. The normalized spacial score (nSPS) is 16.3. The van der Waals surface area contributed by atoms with Gasteiger partial charge in [0.25, 0.3) is 0 Å². The maximum Gasteiger partial charge on any atom is 0.431 e. The zero-order chi connectivity index (χ0) is 20.5. The number of esters is 1. The van der Waals surface area contributed by atoms with Crippen molar-refractivity contribution in [1.29, 1.82) is 0 Å². The average molecular weight is 398 g/mol. The first kappa shape index (κ1) is 19.5. The van der Waals surface area contributed by atoms with E-state index in [2.05, 4.69) is 15.4 Å². The van der Waals surface area contributed by atoms with Crippen LogP contribution in [0.5, 0.6) is 11.5 Å². The number of anilines is 1. The number of benzene rings is 1. The van der Waals surface area contributed by atoms with Gasteiger partial charge in [-0.15, -0.1) is 0 Å². The minimum atomic E-state index is -4.86. The predicted molar refractivity (Wildman–Crippen MR) is 91.0 cm³/mol. The molecular weight excluding hydrogens is 381 g/mol. The summed E-state index contributed by atoms with van der Waals surface area (Å²) in [5.74, 6) is -0.682. The first-order valence-electron chi connectivity index (χ1n) is 8.18. The summed E-state index contributed by atoms with van der Waals surface area (Å²) in [6, 6.07) is 3.31. The van der Waals surface area contributed by atoms with Crippen LogP contribution in [0.2, 0.25) is 0 Å². The molecule has 0 unspecified atom stereocenters. The third kappa shape index (κ3) is 3.35. The molecular formula is C17H17F3N4O4. The minimum absolute atomic E-state index is 0.0976. The van der Waals surface area contributed by atoms with E-state index in [0.29, 0.717) is 5.75 Å². The summed E-state index contributed by atoms with van der Waals surface area (Å²) in [7, 11) is 2.78. The van der Waals surface area contributed by atoms with Crippen LogP contribution in [-0.4, -0.2) is 47.7 Å². The number of halogens is 3. The molecule has 1 aliphatic heterocycles. The largest absolute Gasteiger partial charge is 0.497 e. The van der Waals surface area contributed by atoms with Crippen molar-refractivity contribution in [3.63, 3.8) is 0 Å². The number of hydrogen-bond donors (Lipinski definition) is 1. The lowest BCUT2D eigenvalue weighted by Gasteiger charge is -2.30. The van der Waals surface area contributed by atoms with E-state index in [1.165, 1.54) is 38.0 Å². The second-order valence-electron chi connectivity index (χ2n) is 5.67. The molecule has 28 heavy (non-hydrogen) atoms. The quantitative estimate of drug-likeness (QED) is 0.775. The Hall–Kier alpha value is -3.24. The van der Waals surface area contributed by atoms with Crippen molar-refractivity contribution in [1.82, 2.24) is 14.8 Å². The van der Waals surface area contributed by atoms with Gasteiger partial charge in [-0.1, -0.05) is 0 Å². The van der Waals surface area contributed by atoms with Crippen molar-refractivity contribution in [3.8, 4) is 11.5 Å². The molecule has 1 aromatic heterocycles. The zero-order valence-electron chi connectivity index (χ0n) is 15.2. The van der Waals surface area contributed by atoms with Crippen molar-refractivity contribution in [2.45, 2.75) is 19.1 Å². The second-order valence-corrected chi connectivity index (χ2v) is 5.67. The SMILES string of the molecule is CCOC(=O)C1=C(C(F)(F)F)Nc2ncnn2[C@@H]1c1cc(OC)ccc1OC. The van der Waals surface area contributed by atoms with E-state index in [9.17, 15) is 18.0 Å². The van der Waals surface area contributed by atoms with E-state index >= 15 is 0 Å². The molecule has 0 aliphatic carbocycles. The summed E-state index contributed by atoms with van der Waals surface area (Å²) in [6.07, 6.45) is -3.77. The van der Waals surface area contributed by atoms with Gasteiger partial charge in [0.15, 0.2) is 0 Å². The number of aromatic nitrogens is 3. The van der Waals surface area contributed by atoms with Gasteiger partial charge in [0.1, 0.15) is 29.6 Å². The number of allylic oxidation sites excluding steroid dienone is 1. The number of nitrogens with zero attached hydrogens (tertiary/aromatic N) is 3. The molecule has 8 nitrogen and oxygen atoms in total. The predicted octanol–water partition coefficient (Wildman–Crippen LogP) is 2.69. The highest BCUT2D eigenvalue weighted by Crippen LogP contribution is 2.44. The number of fused-ring (bicyclic) bond motifs is 1. The van der Waals surface area contributed by atoms with Crippen LogP contribution in [0.1, 0.15) is 18.5 Å². The van der Waals surface area contributed by atoms with Crippen LogP contribution in [0.15, 0.2) is 35.8 Å². The Morgan fingerprint density at radius 2 is 2.04 bits per heavy atom. The fraction of sp³-hybridized carbons (Fsp3) is 0.353. The highest BCUT2D eigenvalue weighted by molar-refractivity contribution is 5.93. The van der Waals surface area contributed by atoms with Crippen molar-refractivity contribution < 1.29 is 32.2 Å². The first-order valence-corrected chi connectivity index (χ1v) is 8.18. The smallest absolute Gasteiger partial charge is 0.431 e. The Labute approximate surface area is 157 Å². The summed E-state index contributed by atoms with van der Waals surface area (Å²) in [6.45, 7) is 1.41. The number of hydrogen-bond acceptors (Lipinski definition) is 7. The van der Waals surface area contributed by atoms with Crippen molar-refractivity contribution in [3.05, 3.63) is 41.4 Å². The number of nitrogens with one attached hydrogen (secondary N) is 1. The van der Waals surface area contributed by atoms with Crippen molar-refractivity contribution in [2.24, 2.45) is 0 Å². The van der Waals surface area contributed by atoms with Crippen LogP contribution >= 0.6 is 0 Å². The van der Waals surface area contributed by atoms with E-state index in [-0.39, 0.29) is 23.9 Å². The Morgan fingerprint density at radius 1 is 1.29 bits per heavy atom. The highest BCUT2D eigenvalue weighted by Gasteiger charge is 2.47. The van der Waals surface area contributed by atoms with Crippen LogP contribution in [0.3, 0.4) is 0 Å². The van der Waals surface area contributed by atoms with Gasteiger partial charge in [-0.2, -0.15) is 23.3 Å². The summed E-state index contributed by atoms with van der Waals surface area (Å²) >= 11 is 0. The fourth-order valence-corrected chi connectivity index (χ4v) is 2.95. The second kappa shape index (κ2) is 7.41. The molecule has 1 N–H and O–H groups in total. The van der Waals surface area contributed by atoms with Crippen LogP contribution in [0.4, 0.5) is 19.1 Å². The highest BCUT2D eigenvalue weighted by atomic mass is 19.4. The van der Waals surface area contributed by atoms with Gasteiger partial charge in [0.2, 0.25) is 5.95 Å². The van der Waals surface area contributed by atoms with E-state index in [1.54, 1.807) is 6.07 Å². The lowest BCUT2D eigenvalue weighted by molar-refractivity contribution is -0.140. The van der Waals surface area contributed by atoms with Crippen molar-refractivity contribution in [2.75, 3.05) is 26.1 Å². The molecule has 0 saturated carbocycles. The number of carbonyl (C=O) groups excluding carboxylic acids is 1. The number of rotatable bonds is 5. The Kier molecular flexibility index (Phi) is 5.16. The van der Waals surface area contributed by atoms with Gasteiger partial charge >= 0.3 is 12.1 Å². The summed E-state index contributed by atoms with van der Waals surface area (Å²) in [4.78, 5) is 16.4. The summed E-state index contributed by atoms with van der Waals surface area (Å²) in [5.41, 5.74) is -1.68. The lowest BCUT2D eigenvalue weighted by atomic mass is 9.94. The molecule has 1 aromatic carbocycles. The topological polar surface area (TPSA) is 87.5 Å². The molecule has 0 radical (unpaired) electrons. The molecule has 0 spiro atoms. The Bertz CT molecular complexity index is 923. The number of carbonyl (C=O) groups is 1. The van der Waals surface area contributed by atoms with E-state index in [0.717, 1.165) is 6.33 Å². The number of ether oxygens (including phenoxy) is 3. The van der Waals surface area contributed by atoms with E-state index in [1.807, 2.05) is 0 Å². The van der Waals surface area contributed by atoms with Gasteiger partial charge in [-0.25, -0.2) is 9.48 Å². The molecule has 1 aliphatic rings. The summed E-state index contributed by atoms with van der Waals surface area (Å²) in [5, 5.41) is 6.14. The average Bonchev–Trinajstić information content (AvgIpc) is 3.13. The third-order valence-corrected chi connectivity index (χ3v) is 4.11. The van der Waals surface area contributed by atoms with Gasteiger partial charge in [0.05, 0.1) is 26.4 Å². The van der Waals surface area contributed by atoms with Crippen LogP contribution in [0.25, 0.3) is 0 Å². The molecule has 3 rings (SSSR count). The standard InChI is InChI=1S/C17H17F3N4O4/c1-4-28-15(25)12-13(10-7-9(26-2)5-6-11(10)27-3)24-16(21-8-22-24)23-14(12)17(18,19)20/h5-8,13H,4H2,1-3H3,(H,21,22,23)/t13-/m1/s1. The summed E-state index contributed by atoms with van der Waals surface area (Å²) < 4.78 is 57.9. The molecule has 1 atom stereocenters. The zero-order valence-corrected chi connectivity index (χ0v) is 15.2. The Balaban J connectivity index is 2.32. The molecule has 0 fully saturated rings. The maximum absolute atomic E-state index is 13.8. The van der Waals surface area contributed by atoms with Gasteiger partial charge < -0.3 is 19.5 Å². The number of methoxy groups -OCH3 is 2. The monoisotopic (exact) mass is 398 g/mol. The van der Waals surface area contributed by atoms with Gasteiger partial charge in [0, 0.05) is 5.56 Å². The maximum atomic E-state index is 13.8. The Morgan fingerprint density at radius 3 is 2.64 bits per heavy atom. The number of alkyl halides is 3. The molecule has 0 saturated heterocycles. The molecule has 0 bridgehead atoms.